The van der Waals surface area contributed by atoms with Crippen molar-refractivity contribution in [2.24, 2.45) is 0 Å². The van der Waals surface area contributed by atoms with Gasteiger partial charge >= 0.3 is 0 Å². The second-order valence-electron chi connectivity index (χ2n) is 3.65. The molecule has 0 amide bonds. The molecule has 0 unspecified atom stereocenters. The van der Waals surface area contributed by atoms with Crippen molar-refractivity contribution in [3.8, 4) is 5.75 Å². The average Bonchev–Trinajstić information content (AvgIpc) is 2.30. The van der Waals surface area contributed by atoms with Gasteiger partial charge in [-0.25, -0.2) is 0 Å². The molecule has 17 heavy (non-hydrogen) atoms. The molecule has 0 saturated heterocycles. The summed E-state index contributed by atoms with van der Waals surface area (Å²) in [5.41, 5.74) is 0. The van der Waals surface area contributed by atoms with Gasteiger partial charge in [0, 0.05) is 12.6 Å². The number of hydrogen-bond acceptors (Lipinski definition) is 2. The van der Waals surface area contributed by atoms with Crippen LogP contribution in [0.4, 0.5) is 0 Å². The predicted octanol–water partition coefficient (Wildman–Crippen LogP) is 4.42. The van der Waals surface area contributed by atoms with Crippen molar-refractivity contribution < 1.29 is 4.74 Å². The minimum Gasteiger partial charge on any atom is -0.491 e. The number of hydrogen-bond donors (Lipinski definition) is 1. The summed E-state index contributed by atoms with van der Waals surface area (Å²) in [5, 5.41) is 4.64. The molecule has 0 heterocycles. The van der Waals surface area contributed by atoms with Crippen molar-refractivity contribution in [1.29, 1.82) is 0 Å². The molecule has 1 aromatic carbocycles. The maximum atomic E-state index is 5.98. The third-order valence-corrected chi connectivity index (χ3v) is 3.24. The molecule has 0 aromatic heterocycles. The number of halogens is 3. The molecule has 0 aliphatic rings. The Morgan fingerprint density at radius 2 is 1.76 bits per heavy atom. The van der Waals surface area contributed by atoms with Crippen molar-refractivity contribution in [2.45, 2.75) is 19.8 Å². The highest BCUT2D eigenvalue weighted by molar-refractivity contribution is 6.43. The lowest BCUT2D eigenvalue weighted by molar-refractivity contribution is 0.314. The number of nitrogens with one attached hydrogen (secondary N) is 1. The van der Waals surface area contributed by atoms with Gasteiger partial charge in [-0.05, 0) is 19.0 Å². The van der Waals surface area contributed by atoms with Crippen molar-refractivity contribution in [3.63, 3.8) is 0 Å². The Hall–Kier alpha value is -0.150. The maximum absolute atomic E-state index is 5.98. The zero-order valence-electron chi connectivity index (χ0n) is 9.73. The van der Waals surface area contributed by atoms with Crippen molar-refractivity contribution in [2.75, 3.05) is 19.7 Å². The highest BCUT2D eigenvalue weighted by atomic mass is 35.5. The van der Waals surface area contributed by atoms with Crippen LogP contribution in [0.5, 0.6) is 5.75 Å². The summed E-state index contributed by atoms with van der Waals surface area (Å²) in [7, 11) is 0. The van der Waals surface area contributed by atoms with E-state index in [4.69, 9.17) is 39.5 Å². The molecule has 0 spiro atoms. The van der Waals surface area contributed by atoms with E-state index in [1.807, 2.05) is 0 Å². The SMILES string of the molecule is CCCCNCCOc1cc(Cl)c(Cl)cc1Cl. The smallest absolute Gasteiger partial charge is 0.139 e. The van der Waals surface area contributed by atoms with E-state index in [9.17, 15) is 0 Å². The number of unbranched alkanes of at least 4 members (excludes halogenated alkanes) is 1. The number of rotatable bonds is 7. The highest BCUT2D eigenvalue weighted by Gasteiger charge is 2.06. The van der Waals surface area contributed by atoms with Crippen LogP contribution in [0, 0.1) is 0 Å². The van der Waals surface area contributed by atoms with Gasteiger partial charge in [0.15, 0.2) is 0 Å². The first-order valence-corrected chi connectivity index (χ1v) is 6.76. The summed E-state index contributed by atoms with van der Waals surface area (Å²) in [4.78, 5) is 0. The zero-order chi connectivity index (χ0) is 12.7. The Morgan fingerprint density at radius 1 is 1.06 bits per heavy atom. The van der Waals surface area contributed by atoms with Crippen LogP contribution in [0.15, 0.2) is 12.1 Å². The molecule has 1 rings (SSSR count). The molecule has 0 aliphatic heterocycles. The number of ether oxygens (including phenoxy) is 1. The molecule has 0 radical (unpaired) electrons. The molecule has 1 N–H and O–H groups in total. The molecule has 5 heteroatoms. The summed E-state index contributed by atoms with van der Waals surface area (Å²) in [6.07, 6.45) is 2.36. The first kappa shape index (κ1) is 14.9. The van der Waals surface area contributed by atoms with Gasteiger partial charge in [-0.3, -0.25) is 0 Å². The fourth-order valence-electron chi connectivity index (χ4n) is 1.27. The van der Waals surface area contributed by atoms with Crippen LogP contribution in [-0.2, 0) is 0 Å². The van der Waals surface area contributed by atoms with Gasteiger partial charge in [-0.2, -0.15) is 0 Å². The summed E-state index contributed by atoms with van der Waals surface area (Å²) in [6.45, 7) is 4.51. The highest BCUT2D eigenvalue weighted by Crippen LogP contribution is 2.33. The van der Waals surface area contributed by atoms with Gasteiger partial charge < -0.3 is 10.1 Å². The van der Waals surface area contributed by atoms with E-state index in [2.05, 4.69) is 12.2 Å². The quantitative estimate of drug-likeness (QED) is 0.594. The van der Waals surface area contributed by atoms with Crippen LogP contribution in [0.25, 0.3) is 0 Å². The molecule has 1 aromatic rings. The van der Waals surface area contributed by atoms with E-state index in [1.165, 1.54) is 12.8 Å². The lowest BCUT2D eigenvalue weighted by Gasteiger charge is -2.09. The predicted molar refractivity (Wildman–Crippen MR) is 74.7 cm³/mol. The van der Waals surface area contributed by atoms with Gasteiger partial charge in [-0.15, -0.1) is 0 Å². The minimum atomic E-state index is 0.435. The van der Waals surface area contributed by atoms with Gasteiger partial charge in [0.1, 0.15) is 12.4 Å². The van der Waals surface area contributed by atoms with Crippen LogP contribution >= 0.6 is 34.8 Å². The first-order valence-electron chi connectivity index (χ1n) is 5.63. The zero-order valence-corrected chi connectivity index (χ0v) is 12.0. The van der Waals surface area contributed by atoms with Crippen molar-refractivity contribution in [3.05, 3.63) is 27.2 Å². The molecule has 0 saturated carbocycles. The second-order valence-corrected chi connectivity index (χ2v) is 4.87. The van der Waals surface area contributed by atoms with E-state index in [0.29, 0.717) is 27.4 Å². The third kappa shape index (κ3) is 5.35. The monoisotopic (exact) mass is 295 g/mol. The first-order chi connectivity index (χ1) is 8.15. The maximum Gasteiger partial charge on any atom is 0.139 e. The molecule has 0 bridgehead atoms. The summed E-state index contributed by atoms with van der Waals surface area (Å²) in [6, 6.07) is 3.23. The van der Waals surface area contributed by atoms with Gasteiger partial charge in [-0.1, -0.05) is 48.1 Å². The minimum absolute atomic E-state index is 0.435. The van der Waals surface area contributed by atoms with Crippen molar-refractivity contribution in [1.82, 2.24) is 5.32 Å². The largest absolute Gasteiger partial charge is 0.491 e. The van der Waals surface area contributed by atoms with E-state index >= 15 is 0 Å². The lowest BCUT2D eigenvalue weighted by atomic mass is 10.3. The molecule has 96 valence electrons. The Labute approximate surface area is 117 Å². The van der Waals surface area contributed by atoms with Crippen LogP contribution in [-0.4, -0.2) is 19.7 Å². The Kier molecular flexibility index (Phi) is 7.05. The molecule has 0 atom stereocenters. The van der Waals surface area contributed by atoms with E-state index < -0.39 is 0 Å². The van der Waals surface area contributed by atoms with Gasteiger partial charge in [0.2, 0.25) is 0 Å². The molecule has 0 fully saturated rings. The second kappa shape index (κ2) is 8.04. The fourth-order valence-corrected chi connectivity index (χ4v) is 1.87. The summed E-state index contributed by atoms with van der Waals surface area (Å²) >= 11 is 17.7. The Bertz CT molecular complexity index is 358. The molecule has 2 nitrogen and oxygen atoms in total. The summed E-state index contributed by atoms with van der Waals surface area (Å²) < 4.78 is 5.52. The van der Waals surface area contributed by atoms with Crippen LogP contribution in [0.3, 0.4) is 0 Å². The van der Waals surface area contributed by atoms with Crippen LogP contribution in [0.2, 0.25) is 15.1 Å². The van der Waals surface area contributed by atoms with Gasteiger partial charge in [0.05, 0.1) is 15.1 Å². The number of benzene rings is 1. The molecular weight excluding hydrogens is 280 g/mol. The Balaban J connectivity index is 2.34. The van der Waals surface area contributed by atoms with E-state index in [0.717, 1.165) is 13.1 Å². The average molecular weight is 297 g/mol. The fraction of sp³-hybridized carbons (Fsp3) is 0.500. The van der Waals surface area contributed by atoms with E-state index in [1.54, 1.807) is 12.1 Å². The normalized spacial score (nSPS) is 10.6. The molecule has 0 aliphatic carbocycles. The Morgan fingerprint density at radius 3 is 2.47 bits per heavy atom. The topological polar surface area (TPSA) is 21.3 Å². The van der Waals surface area contributed by atoms with E-state index in [-0.39, 0.29) is 0 Å². The van der Waals surface area contributed by atoms with Crippen LogP contribution < -0.4 is 10.1 Å². The summed E-state index contributed by atoms with van der Waals surface area (Å²) in [5.74, 6) is 0.568. The molecular formula is C12H16Cl3NO. The standard InChI is InChI=1S/C12H16Cl3NO/c1-2-3-4-16-5-6-17-12-8-10(14)9(13)7-11(12)15/h7-8,16H,2-6H2,1H3. The lowest BCUT2D eigenvalue weighted by Crippen LogP contribution is -2.22. The van der Waals surface area contributed by atoms with Gasteiger partial charge in [0.25, 0.3) is 0 Å². The van der Waals surface area contributed by atoms with Crippen molar-refractivity contribution >= 4 is 34.8 Å². The third-order valence-electron chi connectivity index (χ3n) is 2.22. The van der Waals surface area contributed by atoms with Crippen LogP contribution in [0.1, 0.15) is 19.8 Å².